The van der Waals surface area contributed by atoms with Crippen molar-refractivity contribution in [1.82, 2.24) is 5.32 Å². The Morgan fingerprint density at radius 2 is 2.15 bits per heavy atom. The minimum atomic E-state index is 0.0529. The molecule has 1 spiro atoms. The molecule has 2 saturated heterocycles. The highest BCUT2D eigenvalue weighted by Crippen LogP contribution is 2.43. The van der Waals surface area contributed by atoms with Gasteiger partial charge in [-0.2, -0.15) is 0 Å². The van der Waals surface area contributed by atoms with Crippen molar-refractivity contribution in [2.24, 2.45) is 5.92 Å². The maximum atomic E-state index is 6.14. The lowest BCUT2D eigenvalue weighted by molar-refractivity contribution is -0.150. The zero-order valence-electron chi connectivity index (χ0n) is 11.9. The van der Waals surface area contributed by atoms with Crippen LogP contribution in [0, 0.1) is 5.92 Å². The van der Waals surface area contributed by atoms with Gasteiger partial charge in [-0.25, -0.2) is 0 Å². The van der Waals surface area contributed by atoms with E-state index in [9.17, 15) is 0 Å². The summed E-state index contributed by atoms with van der Waals surface area (Å²) < 4.78 is 12.5. The van der Waals surface area contributed by atoms with Crippen LogP contribution in [0.4, 0.5) is 0 Å². The lowest BCUT2D eigenvalue weighted by Gasteiger charge is -2.45. The van der Waals surface area contributed by atoms with Crippen LogP contribution in [-0.2, 0) is 9.47 Å². The molecule has 2 aliphatic rings. The molecule has 0 amide bonds. The first-order valence-electron chi connectivity index (χ1n) is 7.37. The van der Waals surface area contributed by atoms with Crippen LogP contribution in [0.25, 0.3) is 0 Å². The van der Waals surface area contributed by atoms with E-state index < -0.39 is 0 Å². The summed E-state index contributed by atoms with van der Waals surface area (Å²) in [4.78, 5) is 1.34. The highest BCUT2D eigenvalue weighted by Gasteiger charge is 2.41. The number of halogens is 1. The lowest BCUT2D eigenvalue weighted by Crippen LogP contribution is -2.46. The number of hydrogen-bond acceptors (Lipinski definition) is 4. The van der Waals surface area contributed by atoms with E-state index in [0.29, 0.717) is 12.0 Å². The van der Waals surface area contributed by atoms with E-state index >= 15 is 0 Å². The van der Waals surface area contributed by atoms with Crippen molar-refractivity contribution in [3.63, 3.8) is 0 Å². The first kappa shape index (κ1) is 14.8. The Balaban J connectivity index is 1.74. The van der Waals surface area contributed by atoms with Gasteiger partial charge in [0.25, 0.3) is 0 Å². The standard InChI is InChI=1S/C15H22ClNO2S/c1-17-14(12-2-3-13(16)20-12)11-4-7-19-15(10-11)5-8-18-9-6-15/h2-3,11,14,17H,4-10H2,1H3. The second-order valence-electron chi connectivity index (χ2n) is 5.80. The summed E-state index contributed by atoms with van der Waals surface area (Å²) >= 11 is 7.78. The Kier molecular flexibility index (Phi) is 4.68. The van der Waals surface area contributed by atoms with E-state index in [-0.39, 0.29) is 5.60 Å². The summed E-state index contributed by atoms with van der Waals surface area (Å²) in [6, 6.07) is 4.53. The molecule has 2 unspecified atom stereocenters. The highest BCUT2D eigenvalue weighted by atomic mass is 35.5. The van der Waals surface area contributed by atoms with Crippen molar-refractivity contribution >= 4 is 22.9 Å². The third-order valence-corrected chi connectivity index (χ3v) is 5.93. The minimum Gasteiger partial charge on any atom is -0.381 e. The topological polar surface area (TPSA) is 30.5 Å². The molecule has 0 saturated carbocycles. The third kappa shape index (κ3) is 3.04. The van der Waals surface area contributed by atoms with Crippen molar-refractivity contribution in [2.45, 2.75) is 37.3 Å². The molecule has 1 aromatic heterocycles. The Hall–Kier alpha value is -0.130. The molecule has 5 heteroatoms. The second-order valence-corrected chi connectivity index (χ2v) is 7.55. The summed E-state index contributed by atoms with van der Waals surface area (Å²) in [6.07, 6.45) is 4.30. The molecule has 3 nitrogen and oxygen atoms in total. The van der Waals surface area contributed by atoms with E-state index in [4.69, 9.17) is 21.1 Å². The van der Waals surface area contributed by atoms with Crippen LogP contribution >= 0.6 is 22.9 Å². The maximum absolute atomic E-state index is 6.14. The van der Waals surface area contributed by atoms with Gasteiger partial charge in [-0.15, -0.1) is 11.3 Å². The number of rotatable bonds is 3. The van der Waals surface area contributed by atoms with Crippen molar-refractivity contribution in [2.75, 3.05) is 26.9 Å². The highest BCUT2D eigenvalue weighted by molar-refractivity contribution is 7.16. The second kappa shape index (κ2) is 6.32. The van der Waals surface area contributed by atoms with Gasteiger partial charge in [0.05, 0.1) is 9.94 Å². The molecule has 3 rings (SSSR count). The fourth-order valence-corrected chi connectivity index (χ4v) is 4.81. The first-order valence-corrected chi connectivity index (χ1v) is 8.56. The van der Waals surface area contributed by atoms with Crippen LogP contribution in [0.2, 0.25) is 4.34 Å². The van der Waals surface area contributed by atoms with Crippen LogP contribution in [0.15, 0.2) is 12.1 Å². The van der Waals surface area contributed by atoms with Gasteiger partial charge in [-0.1, -0.05) is 11.6 Å². The zero-order valence-corrected chi connectivity index (χ0v) is 13.4. The smallest absolute Gasteiger partial charge is 0.0931 e. The molecule has 0 radical (unpaired) electrons. The molecule has 0 aliphatic carbocycles. The molecule has 2 atom stereocenters. The lowest BCUT2D eigenvalue weighted by atomic mass is 9.77. The van der Waals surface area contributed by atoms with E-state index in [1.807, 2.05) is 13.1 Å². The Morgan fingerprint density at radius 1 is 1.35 bits per heavy atom. The van der Waals surface area contributed by atoms with Crippen LogP contribution in [0.3, 0.4) is 0 Å². The molecule has 2 fully saturated rings. The Morgan fingerprint density at radius 3 is 2.80 bits per heavy atom. The molecule has 0 bridgehead atoms. The summed E-state index contributed by atoms with van der Waals surface area (Å²) in [5, 5.41) is 3.49. The summed E-state index contributed by atoms with van der Waals surface area (Å²) in [7, 11) is 2.05. The van der Waals surface area contributed by atoms with Gasteiger partial charge in [-0.3, -0.25) is 0 Å². The fraction of sp³-hybridized carbons (Fsp3) is 0.733. The monoisotopic (exact) mass is 315 g/mol. The van der Waals surface area contributed by atoms with Crippen molar-refractivity contribution in [3.05, 3.63) is 21.3 Å². The van der Waals surface area contributed by atoms with Crippen molar-refractivity contribution in [1.29, 1.82) is 0 Å². The first-order chi connectivity index (χ1) is 9.72. The van der Waals surface area contributed by atoms with Gasteiger partial charge < -0.3 is 14.8 Å². The Labute approximate surface area is 129 Å². The predicted octanol–water partition coefficient (Wildman–Crippen LogP) is 3.64. The molecular weight excluding hydrogens is 294 g/mol. The van der Waals surface area contributed by atoms with Crippen molar-refractivity contribution in [3.8, 4) is 0 Å². The van der Waals surface area contributed by atoms with Crippen molar-refractivity contribution < 1.29 is 9.47 Å². The fourth-order valence-electron chi connectivity index (χ4n) is 3.55. The maximum Gasteiger partial charge on any atom is 0.0931 e. The average molecular weight is 316 g/mol. The molecule has 1 aromatic rings. The molecule has 112 valence electrons. The van der Waals surface area contributed by atoms with Crippen LogP contribution < -0.4 is 5.32 Å². The van der Waals surface area contributed by atoms with Crippen LogP contribution in [0.5, 0.6) is 0 Å². The van der Waals surface area contributed by atoms with Gasteiger partial charge in [0, 0.05) is 30.7 Å². The quantitative estimate of drug-likeness (QED) is 0.924. The van der Waals surface area contributed by atoms with Gasteiger partial charge in [-0.05, 0) is 50.8 Å². The minimum absolute atomic E-state index is 0.0529. The number of hydrogen-bond donors (Lipinski definition) is 1. The third-order valence-electron chi connectivity index (χ3n) is 4.62. The summed E-state index contributed by atoms with van der Waals surface area (Å²) in [6.45, 7) is 2.53. The predicted molar refractivity (Wildman–Crippen MR) is 82.6 cm³/mol. The molecule has 20 heavy (non-hydrogen) atoms. The molecule has 0 aromatic carbocycles. The van der Waals surface area contributed by atoms with Gasteiger partial charge in [0.1, 0.15) is 0 Å². The molecular formula is C15H22ClNO2S. The average Bonchev–Trinajstić information content (AvgIpc) is 2.87. The number of ether oxygens (including phenoxy) is 2. The molecule has 3 heterocycles. The summed E-state index contributed by atoms with van der Waals surface area (Å²) in [5.74, 6) is 0.613. The SMILES string of the molecule is CNC(c1ccc(Cl)s1)C1CCOC2(CCOCC2)C1. The van der Waals surface area contributed by atoms with Gasteiger partial charge in [0.15, 0.2) is 0 Å². The van der Waals surface area contributed by atoms with Crippen LogP contribution in [-0.4, -0.2) is 32.5 Å². The Bertz CT molecular complexity index is 439. The number of nitrogens with one attached hydrogen (secondary N) is 1. The van der Waals surface area contributed by atoms with Crippen LogP contribution in [0.1, 0.15) is 36.6 Å². The molecule has 2 aliphatic heterocycles. The van der Waals surface area contributed by atoms with Gasteiger partial charge in [0.2, 0.25) is 0 Å². The van der Waals surface area contributed by atoms with E-state index in [1.165, 1.54) is 4.88 Å². The normalized spacial score (nSPS) is 27.6. The largest absolute Gasteiger partial charge is 0.381 e. The summed E-state index contributed by atoms with van der Waals surface area (Å²) in [5.41, 5.74) is 0.0529. The van der Waals surface area contributed by atoms with Gasteiger partial charge >= 0.3 is 0 Å². The molecule has 1 N–H and O–H groups in total. The van der Waals surface area contributed by atoms with E-state index in [2.05, 4.69) is 11.4 Å². The van der Waals surface area contributed by atoms with E-state index in [0.717, 1.165) is 49.8 Å². The number of thiophene rings is 1. The van der Waals surface area contributed by atoms with E-state index in [1.54, 1.807) is 11.3 Å². The zero-order chi connectivity index (χ0) is 14.0.